The Labute approximate surface area is 127 Å². The van der Waals surface area contributed by atoms with Crippen LogP contribution in [0, 0.1) is 5.92 Å². The van der Waals surface area contributed by atoms with Crippen LogP contribution in [0.2, 0.25) is 0 Å². The van der Waals surface area contributed by atoms with Crippen molar-refractivity contribution in [3.8, 4) is 0 Å². The van der Waals surface area contributed by atoms with Gasteiger partial charge in [0, 0.05) is 41.0 Å². The van der Waals surface area contributed by atoms with Crippen LogP contribution in [0.15, 0.2) is 12.1 Å². The Hall–Kier alpha value is -0.380. The maximum Gasteiger partial charge on any atom is 0.0332 e. The molecule has 0 bridgehead atoms. The first-order valence-corrected chi connectivity index (χ1v) is 9.03. The highest BCUT2D eigenvalue weighted by Crippen LogP contribution is 2.41. The van der Waals surface area contributed by atoms with Crippen molar-refractivity contribution in [1.29, 1.82) is 0 Å². The Morgan fingerprint density at radius 3 is 2.65 bits per heavy atom. The lowest BCUT2D eigenvalue weighted by Crippen LogP contribution is -2.63. The van der Waals surface area contributed by atoms with E-state index in [4.69, 9.17) is 0 Å². The van der Waals surface area contributed by atoms with Crippen LogP contribution in [0.4, 0.5) is 0 Å². The molecule has 2 nitrogen and oxygen atoms in total. The van der Waals surface area contributed by atoms with E-state index >= 15 is 0 Å². The number of hydrogen-bond acceptors (Lipinski definition) is 3. The Balaban J connectivity index is 1.70. The first-order chi connectivity index (χ1) is 9.64. The predicted molar refractivity (Wildman–Crippen MR) is 87.3 cm³/mol. The molecule has 20 heavy (non-hydrogen) atoms. The largest absolute Gasteiger partial charge is 0.308 e. The molecule has 1 saturated carbocycles. The van der Waals surface area contributed by atoms with E-state index in [2.05, 4.69) is 43.1 Å². The van der Waals surface area contributed by atoms with Crippen molar-refractivity contribution in [3.63, 3.8) is 0 Å². The van der Waals surface area contributed by atoms with Gasteiger partial charge in [0.15, 0.2) is 0 Å². The van der Waals surface area contributed by atoms with Crippen LogP contribution in [-0.4, -0.2) is 29.6 Å². The van der Waals surface area contributed by atoms with Crippen LogP contribution in [0.1, 0.15) is 49.8 Å². The second-order valence-electron chi connectivity index (χ2n) is 6.76. The van der Waals surface area contributed by atoms with Gasteiger partial charge < -0.3 is 5.32 Å². The molecular weight excluding hydrogens is 264 g/mol. The van der Waals surface area contributed by atoms with Gasteiger partial charge in [0.2, 0.25) is 0 Å². The third kappa shape index (κ3) is 2.95. The van der Waals surface area contributed by atoms with Crippen LogP contribution < -0.4 is 5.32 Å². The average molecular weight is 292 g/mol. The van der Waals surface area contributed by atoms with Crippen molar-refractivity contribution in [3.05, 3.63) is 21.9 Å². The molecule has 0 radical (unpaired) electrons. The van der Waals surface area contributed by atoms with Gasteiger partial charge in [-0.2, -0.15) is 0 Å². The smallest absolute Gasteiger partial charge is 0.0332 e. The lowest BCUT2D eigenvalue weighted by molar-refractivity contribution is 0.0674. The normalized spacial score (nSPS) is 31.6. The van der Waals surface area contributed by atoms with E-state index in [0.717, 1.165) is 19.0 Å². The van der Waals surface area contributed by atoms with E-state index < -0.39 is 0 Å². The molecule has 2 fully saturated rings. The van der Waals surface area contributed by atoms with Crippen LogP contribution in [0.25, 0.3) is 0 Å². The molecule has 2 unspecified atom stereocenters. The average Bonchev–Trinajstić information content (AvgIpc) is 3.21. The second-order valence-corrected chi connectivity index (χ2v) is 8.01. The first-order valence-electron chi connectivity index (χ1n) is 8.21. The van der Waals surface area contributed by atoms with E-state index in [1.807, 2.05) is 11.3 Å². The number of thiophene rings is 1. The maximum absolute atomic E-state index is 3.85. The van der Waals surface area contributed by atoms with Crippen molar-refractivity contribution >= 4 is 11.3 Å². The highest BCUT2D eigenvalue weighted by atomic mass is 32.1. The first kappa shape index (κ1) is 14.6. The standard InChI is InChI=1S/C17H28N2S/c1-4-14-10-18-17(3,13-6-7-13)12-19(14)11-16-9-8-15(5-2)20-16/h8-9,13-14,18H,4-7,10-12H2,1-3H3. The van der Waals surface area contributed by atoms with Crippen molar-refractivity contribution in [2.45, 2.75) is 64.6 Å². The van der Waals surface area contributed by atoms with E-state index in [1.54, 1.807) is 4.88 Å². The summed E-state index contributed by atoms with van der Waals surface area (Å²) in [5, 5.41) is 3.85. The fourth-order valence-corrected chi connectivity index (χ4v) is 4.55. The van der Waals surface area contributed by atoms with E-state index in [0.29, 0.717) is 11.6 Å². The minimum atomic E-state index is 0.358. The van der Waals surface area contributed by atoms with Gasteiger partial charge in [0.25, 0.3) is 0 Å². The highest BCUT2D eigenvalue weighted by molar-refractivity contribution is 7.11. The summed E-state index contributed by atoms with van der Waals surface area (Å²) in [5.41, 5.74) is 0.358. The number of rotatable bonds is 5. The molecule has 1 aliphatic heterocycles. The number of nitrogens with zero attached hydrogens (tertiary/aromatic N) is 1. The van der Waals surface area contributed by atoms with Crippen molar-refractivity contribution in [2.75, 3.05) is 13.1 Å². The van der Waals surface area contributed by atoms with Gasteiger partial charge >= 0.3 is 0 Å². The van der Waals surface area contributed by atoms with Gasteiger partial charge in [-0.15, -0.1) is 11.3 Å². The Bertz CT molecular complexity index is 452. The number of nitrogens with one attached hydrogen (secondary N) is 1. The van der Waals surface area contributed by atoms with Crippen LogP contribution >= 0.6 is 11.3 Å². The summed E-state index contributed by atoms with van der Waals surface area (Å²) < 4.78 is 0. The van der Waals surface area contributed by atoms with Gasteiger partial charge in [0.05, 0.1) is 0 Å². The van der Waals surface area contributed by atoms with E-state index in [1.165, 1.54) is 37.1 Å². The summed E-state index contributed by atoms with van der Waals surface area (Å²) in [6, 6.07) is 5.35. The number of piperazine rings is 1. The molecule has 1 aromatic heterocycles. The lowest BCUT2D eigenvalue weighted by Gasteiger charge is -2.46. The van der Waals surface area contributed by atoms with Crippen LogP contribution in [-0.2, 0) is 13.0 Å². The summed E-state index contributed by atoms with van der Waals surface area (Å²) in [5.74, 6) is 0.914. The lowest BCUT2D eigenvalue weighted by atomic mass is 9.90. The zero-order valence-corrected chi connectivity index (χ0v) is 13.9. The molecule has 2 atom stereocenters. The maximum atomic E-state index is 3.85. The monoisotopic (exact) mass is 292 g/mol. The van der Waals surface area contributed by atoms with Crippen LogP contribution in [0.5, 0.6) is 0 Å². The predicted octanol–water partition coefficient (Wildman–Crippen LogP) is 3.66. The molecule has 1 N–H and O–H groups in total. The SMILES string of the molecule is CCc1ccc(CN2CC(C)(C3CC3)NCC2CC)s1. The molecule has 0 aromatic carbocycles. The molecule has 0 amide bonds. The fraction of sp³-hybridized carbons (Fsp3) is 0.765. The van der Waals surface area contributed by atoms with Gasteiger partial charge in [-0.25, -0.2) is 0 Å². The summed E-state index contributed by atoms with van der Waals surface area (Å²) in [4.78, 5) is 5.80. The Morgan fingerprint density at radius 1 is 1.30 bits per heavy atom. The van der Waals surface area contributed by atoms with Gasteiger partial charge in [-0.05, 0) is 50.7 Å². The molecule has 1 aliphatic carbocycles. The summed E-state index contributed by atoms with van der Waals surface area (Å²) in [7, 11) is 0. The van der Waals surface area contributed by atoms with Gasteiger partial charge in [0.1, 0.15) is 0 Å². The topological polar surface area (TPSA) is 15.3 Å². The van der Waals surface area contributed by atoms with Crippen molar-refractivity contribution in [1.82, 2.24) is 10.2 Å². The zero-order valence-electron chi connectivity index (χ0n) is 13.1. The highest BCUT2D eigenvalue weighted by Gasteiger charge is 2.45. The molecular formula is C17H28N2S. The quantitative estimate of drug-likeness (QED) is 0.891. The number of hydrogen-bond donors (Lipinski definition) is 1. The molecule has 112 valence electrons. The van der Waals surface area contributed by atoms with Crippen LogP contribution in [0.3, 0.4) is 0 Å². The summed E-state index contributed by atoms with van der Waals surface area (Å²) >= 11 is 2.00. The third-order valence-corrected chi connectivity index (χ3v) is 6.38. The van der Waals surface area contributed by atoms with Gasteiger partial charge in [-0.1, -0.05) is 13.8 Å². The summed E-state index contributed by atoms with van der Waals surface area (Å²) in [6.07, 6.45) is 5.27. The minimum absolute atomic E-state index is 0.358. The second kappa shape index (κ2) is 5.78. The third-order valence-electron chi connectivity index (χ3n) is 5.16. The molecule has 1 aromatic rings. The Kier molecular flexibility index (Phi) is 4.21. The van der Waals surface area contributed by atoms with E-state index in [9.17, 15) is 0 Å². The molecule has 2 heterocycles. The molecule has 1 saturated heterocycles. The fourth-order valence-electron chi connectivity index (χ4n) is 3.57. The molecule has 0 spiro atoms. The molecule has 2 aliphatic rings. The number of aryl methyl sites for hydroxylation is 1. The minimum Gasteiger partial charge on any atom is -0.308 e. The molecule has 3 heteroatoms. The van der Waals surface area contributed by atoms with E-state index in [-0.39, 0.29) is 0 Å². The van der Waals surface area contributed by atoms with Crippen molar-refractivity contribution < 1.29 is 0 Å². The van der Waals surface area contributed by atoms with Gasteiger partial charge in [-0.3, -0.25) is 4.90 Å². The summed E-state index contributed by atoms with van der Waals surface area (Å²) in [6.45, 7) is 10.5. The zero-order chi connectivity index (χ0) is 14.2. The Morgan fingerprint density at radius 2 is 2.05 bits per heavy atom. The molecule has 3 rings (SSSR count). The van der Waals surface area contributed by atoms with Crippen molar-refractivity contribution in [2.24, 2.45) is 5.92 Å².